The third-order valence-electron chi connectivity index (χ3n) is 3.33. The van der Waals surface area contributed by atoms with Crippen molar-refractivity contribution in [1.82, 2.24) is 5.32 Å². The normalized spacial score (nSPS) is 12.0. The molecule has 7 heteroatoms. The smallest absolute Gasteiger partial charge is 0.389 e. The van der Waals surface area contributed by atoms with E-state index in [0.29, 0.717) is 11.1 Å². The Balaban J connectivity index is 2.61. The van der Waals surface area contributed by atoms with Crippen LogP contribution in [0.5, 0.6) is 0 Å². The highest BCUT2D eigenvalue weighted by Crippen LogP contribution is 2.22. The monoisotopic (exact) mass is 331 g/mol. The zero-order chi connectivity index (χ0) is 17.7. The first-order chi connectivity index (χ1) is 10.5. The van der Waals surface area contributed by atoms with Crippen molar-refractivity contribution in [3.8, 4) is 0 Å². The lowest BCUT2D eigenvalue weighted by molar-refractivity contribution is -0.137. The Labute approximate surface area is 132 Å². The standard InChI is InChI=1S/C16H20F3NO3/c1-15(2,9-8-13(21)22)20-14(23)12-5-3-11(4-6-12)7-10-16(17,18)19/h3-6H,7-10H2,1-2H3,(H,20,23)(H,21,22). The van der Waals surface area contributed by atoms with Crippen molar-refractivity contribution in [1.29, 1.82) is 0 Å². The number of carbonyl (C=O) groups is 2. The minimum atomic E-state index is -4.20. The molecule has 0 aliphatic heterocycles. The Bertz CT molecular complexity index is 551. The number of benzene rings is 1. The fraction of sp³-hybridized carbons (Fsp3) is 0.500. The minimum absolute atomic E-state index is 0.0658. The van der Waals surface area contributed by atoms with Gasteiger partial charge in [-0.3, -0.25) is 9.59 Å². The van der Waals surface area contributed by atoms with Crippen molar-refractivity contribution < 1.29 is 27.9 Å². The molecule has 1 aromatic rings. The maximum absolute atomic E-state index is 12.2. The molecule has 0 bridgehead atoms. The first kappa shape index (κ1) is 19.0. The number of aliphatic carboxylic acids is 1. The molecular formula is C16H20F3NO3. The summed E-state index contributed by atoms with van der Waals surface area (Å²) in [6.07, 6.45) is -5.03. The SMILES string of the molecule is CC(C)(CCC(=O)O)NC(=O)c1ccc(CCC(F)(F)F)cc1. The van der Waals surface area contributed by atoms with Crippen LogP contribution in [-0.4, -0.2) is 28.7 Å². The maximum Gasteiger partial charge on any atom is 0.389 e. The predicted octanol–water partition coefficient (Wildman–Crippen LogP) is 3.55. The summed E-state index contributed by atoms with van der Waals surface area (Å²) >= 11 is 0. The Morgan fingerprint density at radius 2 is 1.65 bits per heavy atom. The third-order valence-corrected chi connectivity index (χ3v) is 3.33. The van der Waals surface area contributed by atoms with Gasteiger partial charge in [-0.25, -0.2) is 0 Å². The Hall–Kier alpha value is -2.05. The second kappa shape index (κ2) is 7.48. The zero-order valence-electron chi connectivity index (χ0n) is 13.0. The Morgan fingerprint density at radius 3 is 2.13 bits per heavy atom. The molecule has 2 N–H and O–H groups in total. The molecule has 128 valence electrons. The zero-order valence-corrected chi connectivity index (χ0v) is 13.0. The summed E-state index contributed by atoms with van der Waals surface area (Å²) in [7, 11) is 0. The molecule has 0 spiro atoms. The van der Waals surface area contributed by atoms with E-state index in [1.54, 1.807) is 13.8 Å². The van der Waals surface area contributed by atoms with Gasteiger partial charge in [0.25, 0.3) is 5.91 Å². The Morgan fingerprint density at radius 1 is 1.09 bits per heavy atom. The van der Waals surface area contributed by atoms with Crippen LogP contribution < -0.4 is 5.32 Å². The van der Waals surface area contributed by atoms with E-state index < -0.39 is 24.1 Å². The molecule has 23 heavy (non-hydrogen) atoms. The average molecular weight is 331 g/mol. The average Bonchev–Trinajstić information content (AvgIpc) is 2.42. The molecule has 0 aliphatic rings. The summed E-state index contributed by atoms with van der Waals surface area (Å²) in [6, 6.07) is 5.92. The van der Waals surface area contributed by atoms with Gasteiger partial charge < -0.3 is 10.4 Å². The number of alkyl halides is 3. The molecule has 0 saturated heterocycles. The molecule has 0 unspecified atom stereocenters. The highest BCUT2D eigenvalue weighted by Gasteiger charge is 2.26. The molecule has 0 fully saturated rings. The van der Waals surface area contributed by atoms with Crippen molar-refractivity contribution in [3.05, 3.63) is 35.4 Å². The van der Waals surface area contributed by atoms with Crippen LogP contribution in [0.1, 0.15) is 49.0 Å². The highest BCUT2D eigenvalue weighted by atomic mass is 19.4. The molecule has 0 saturated carbocycles. The number of rotatable bonds is 7. The lowest BCUT2D eigenvalue weighted by Crippen LogP contribution is -2.43. The summed E-state index contributed by atoms with van der Waals surface area (Å²) in [6.45, 7) is 3.43. The fourth-order valence-electron chi connectivity index (χ4n) is 1.97. The van der Waals surface area contributed by atoms with Gasteiger partial charge in [0, 0.05) is 23.9 Å². The molecule has 0 aromatic heterocycles. The van der Waals surface area contributed by atoms with Crippen molar-refractivity contribution in [2.75, 3.05) is 0 Å². The number of carboxylic acid groups (broad SMARTS) is 1. The number of carboxylic acids is 1. The van der Waals surface area contributed by atoms with Gasteiger partial charge in [-0.2, -0.15) is 13.2 Å². The molecule has 0 atom stereocenters. The topological polar surface area (TPSA) is 66.4 Å². The van der Waals surface area contributed by atoms with Crippen LogP contribution in [0, 0.1) is 0 Å². The quantitative estimate of drug-likeness (QED) is 0.803. The first-order valence-corrected chi connectivity index (χ1v) is 7.18. The molecule has 0 aliphatic carbocycles. The fourth-order valence-corrected chi connectivity index (χ4v) is 1.97. The summed E-state index contributed by atoms with van der Waals surface area (Å²) < 4.78 is 36.5. The lowest BCUT2D eigenvalue weighted by Gasteiger charge is -2.25. The van der Waals surface area contributed by atoms with Gasteiger partial charge in [-0.05, 0) is 44.4 Å². The van der Waals surface area contributed by atoms with Gasteiger partial charge >= 0.3 is 12.1 Å². The number of carbonyl (C=O) groups excluding carboxylic acids is 1. The second-order valence-corrected chi connectivity index (χ2v) is 6.04. The van der Waals surface area contributed by atoms with E-state index in [-0.39, 0.29) is 25.2 Å². The summed E-state index contributed by atoms with van der Waals surface area (Å²) in [4.78, 5) is 22.7. The van der Waals surface area contributed by atoms with E-state index in [4.69, 9.17) is 5.11 Å². The van der Waals surface area contributed by atoms with E-state index in [1.165, 1.54) is 24.3 Å². The number of amides is 1. The van der Waals surface area contributed by atoms with E-state index in [1.807, 2.05) is 0 Å². The van der Waals surface area contributed by atoms with Gasteiger partial charge in [-0.15, -0.1) is 0 Å². The van der Waals surface area contributed by atoms with Crippen molar-refractivity contribution in [2.24, 2.45) is 0 Å². The van der Waals surface area contributed by atoms with Crippen molar-refractivity contribution >= 4 is 11.9 Å². The van der Waals surface area contributed by atoms with Crippen molar-refractivity contribution in [2.45, 2.75) is 51.2 Å². The van der Waals surface area contributed by atoms with Crippen LogP contribution in [0.2, 0.25) is 0 Å². The number of hydrogen-bond acceptors (Lipinski definition) is 2. The number of hydrogen-bond donors (Lipinski definition) is 2. The van der Waals surface area contributed by atoms with Crippen LogP contribution in [0.15, 0.2) is 24.3 Å². The van der Waals surface area contributed by atoms with E-state index in [2.05, 4.69) is 5.32 Å². The molecule has 4 nitrogen and oxygen atoms in total. The summed E-state index contributed by atoms with van der Waals surface area (Å²) in [5.74, 6) is -1.33. The number of aryl methyl sites for hydroxylation is 1. The highest BCUT2D eigenvalue weighted by molar-refractivity contribution is 5.94. The van der Waals surface area contributed by atoms with Crippen LogP contribution in [0.3, 0.4) is 0 Å². The molecule has 1 amide bonds. The summed E-state index contributed by atoms with van der Waals surface area (Å²) in [5.41, 5.74) is 0.137. The molecule has 1 aromatic carbocycles. The second-order valence-electron chi connectivity index (χ2n) is 6.04. The van der Waals surface area contributed by atoms with Gasteiger partial charge in [0.1, 0.15) is 0 Å². The molecule has 0 heterocycles. The summed E-state index contributed by atoms with van der Waals surface area (Å²) in [5, 5.41) is 11.4. The van der Waals surface area contributed by atoms with Crippen LogP contribution in [0.4, 0.5) is 13.2 Å². The number of halogens is 3. The molecule has 1 rings (SSSR count). The maximum atomic E-state index is 12.2. The van der Waals surface area contributed by atoms with Gasteiger partial charge in [0.2, 0.25) is 0 Å². The van der Waals surface area contributed by atoms with Crippen LogP contribution >= 0.6 is 0 Å². The molecular weight excluding hydrogens is 311 g/mol. The van der Waals surface area contributed by atoms with Gasteiger partial charge in [0.05, 0.1) is 0 Å². The lowest BCUT2D eigenvalue weighted by atomic mass is 9.97. The number of nitrogens with one attached hydrogen (secondary N) is 1. The van der Waals surface area contributed by atoms with Crippen LogP contribution in [-0.2, 0) is 11.2 Å². The first-order valence-electron chi connectivity index (χ1n) is 7.18. The minimum Gasteiger partial charge on any atom is -0.481 e. The van der Waals surface area contributed by atoms with Crippen LogP contribution in [0.25, 0.3) is 0 Å². The largest absolute Gasteiger partial charge is 0.481 e. The van der Waals surface area contributed by atoms with E-state index in [9.17, 15) is 22.8 Å². The van der Waals surface area contributed by atoms with Crippen molar-refractivity contribution in [3.63, 3.8) is 0 Å². The third kappa shape index (κ3) is 7.67. The molecule has 0 radical (unpaired) electrons. The Kier molecular flexibility index (Phi) is 6.18. The van der Waals surface area contributed by atoms with E-state index in [0.717, 1.165) is 0 Å². The van der Waals surface area contributed by atoms with Gasteiger partial charge in [0.15, 0.2) is 0 Å². The van der Waals surface area contributed by atoms with E-state index >= 15 is 0 Å². The van der Waals surface area contributed by atoms with Gasteiger partial charge in [-0.1, -0.05) is 12.1 Å². The predicted molar refractivity (Wildman–Crippen MR) is 79.2 cm³/mol.